The van der Waals surface area contributed by atoms with E-state index in [4.69, 9.17) is 0 Å². The minimum absolute atomic E-state index is 0.127. The van der Waals surface area contributed by atoms with Crippen molar-refractivity contribution < 1.29 is 13.6 Å². The molecule has 22 heavy (non-hydrogen) atoms. The quantitative estimate of drug-likeness (QED) is 0.900. The standard InChI is InChI=1S/C16H23F2N3O/c1-3-20(4-2)16(22)15(21-9-7-19-8-10-21)13-6-5-12(17)11-14(13)18/h5-6,11,15,19H,3-4,7-10H2,1-2H3. The molecule has 1 N–H and O–H groups in total. The Bertz CT molecular complexity index is 514. The number of halogens is 2. The van der Waals surface area contributed by atoms with Gasteiger partial charge in [-0.1, -0.05) is 6.07 Å². The Morgan fingerprint density at radius 2 is 1.91 bits per heavy atom. The van der Waals surface area contributed by atoms with Gasteiger partial charge in [-0.05, 0) is 19.9 Å². The second kappa shape index (κ2) is 7.65. The molecule has 0 spiro atoms. The van der Waals surface area contributed by atoms with Crippen molar-refractivity contribution in [3.05, 3.63) is 35.4 Å². The number of amides is 1. The summed E-state index contributed by atoms with van der Waals surface area (Å²) >= 11 is 0. The highest BCUT2D eigenvalue weighted by atomic mass is 19.1. The zero-order valence-corrected chi connectivity index (χ0v) is 13.1. The van der Waals surface area contributed by atoms with Crippen LogP contribution in [0.2, 0.25) is 0 Å². The average molecular weight is 311 g/mol. The fourth-order valence-corrected chi connectivity index (χ4v) is 2.86. The number of rotatable bonds is 5. The lowest BCUT2D eigenvalue weighted by atomic mass is 10.0. The van der Waals surface area contributed by atoms with Crippen LogP contribution in [0.4, 0.5) is 8.78 Å². The molecule has 4 nitrogen and oxygen atoms in total. The SMILES string of the molecule is CCN(CC)C(=O)C(c1ccc(F)cc1F)N1CCNCC1. The zero-order valence-electron chi connectivity index (χ0n) is 13.1. The van der Waals surface area contributed by atoms with Gasteiger partial charge in [0, 0.05) is 50.9 Å². The first-order valence-corrected chi connectivity index (χ1v) is 7.77. The van der Waals surface area contributed by atoms with E-state index in [1.54, 1.807) is 4.90 Å². The largest absolute Gasteiger partial charge is 0.342 e. The summed E-state index contributed by atoms with van der Waals surface area (Å²) in [5.41, 5.74) is 0.250. The van der Waals surface area contributed by atoms with Crippen molar-refractivity contribution in [1.82, 2.24) is 15.1 Å². The Kier molecular flexibility index (Phi) is 5.85. The maximum atomic E-state index is 14.2. The topological polar surface area (TPSA) is 35.6 Å². The fourth-order valence-electron chi connectivity index (χ4n) is 2.86. The van der Waals surface area contributed by atoms with Gasteiger partial charge >= 0.3 is 0 Å². The van der Waals surface area contributed by atoms with E-state index < -0.39 is 17.7 Å². The third-order valence-electron chi connectivity index (χ3n) is 4.08. The van der Waals surface area contributed by atoms with E-state index in [2.05, 4.69) is 5.32 Å². The predicted molar refractivity (Wildman–Crippen MR) is 81.5 cm³/mol. The molecule has 1 atom stereocenters. The van der Waals surface area contributed by atoms with Crippen molar-refractivity contribution >= 4 is 5.91 Å². The average Bonchev–Trinajstić information content (AvgIpc) is 2.52. The summed E-state index contributed by atoms with van der Waals surface area (Å²) in [6, 6.07) is 2.75. The molecule has 0 aromatic heterocycles. The number of nitrogens with zero attached hydrogens (tertiary/aromatic N) is 2. The van der Waals surface area contributed by atoms with Crippen LogP contribution in [0.5, 0.6) is 0 Å². The Morgan fingerprint density at radius 3 is 2.45 bits per heavy atom. The van der Waals surface area contributed by atoms with Crippen LogP contribution in [0.15, 0.2) is 18.2 Å². The van der Waals surface area contributed by atoms with Gasteiger partial charge in [0.2, 0.25) is 5.91 Å². The lowest BCUT2D eigenvalue weighted by Crippen LogP contribution is -2.50. The molecule has 1 heterocycles. The third kappa shape index (κ3) is 3.62. The highest BCUT2D eigenvalue weighted by molar-refractivity contribution is 5.83. The second-order valence-corrected chi connectivity index (χ2v) is 5.36. The molecule has 1 aliphatic rings. The van der Waals surface area contributed by atoms with E-state index in [1.807, 2.05) is 18.7 Å². The maximum absolute atomic E-state index is 14.2. The van der Waals surface area contributed by atoms with Crippen molar-refractivity contribution in [2.45, 2.75) is 19.9 Å². The number of nitrogens with one attached hydrogen (secondary N) is 1. The van der Waals surface area contributed by atoms with Crippen molar-refractivity contribution in [3.63, 3.8) is 0 Å². The number of hydrogen-bond acceptors (Lipinski definition) is 3. The molecule has 1 aliphatic heterocycles. The van der Waals surface area contributed by atoms with Gasteiger partial charge in [-0.25, -0.2) is 8.78 Å². The number of carbonyl (C=O) groups is 1. The number of hydrogen-bond donors (Lipinski definition) is 1. The summed E-state index contributed by atoms with van der Waals surface area (Å²) in [6.07, 6.45) is 0. The molecule has 0 saturated carbocycles. The van der Waals surface area contributed by atoms with E-state index in [1.165, 1.54) is 12.1 Å². The first-order valence-electron chi connectivity index (χ1n) is 7.77. The normalized spacial score (nSPS) is 17.3. The lowest BCUT2D eigenvalue weighted by molar-refractivity contribution is -0.137. The van der Waals surface area contributed by atoms with Crippen LogP contribution in [0, 0.1) is 11.6 Å². The molecule has 122 valence electrons. The van der Waals surface area contributed by atoms with Crippen LogP contribution in [-0.4, -0.2) is 55.0 Å². The molecule has 0 aliphatic carbocycles. The lowest BCUT2D eigenvalue weighted by Gasteiger charge is -2.36. The highest BCUT2D eigenvalue weighted by Crippen LogP contribution is 2.26. The molecule has 1 unspecified atom stereocenters. The molecule has 6 heteroatoms. The van der Waals surface area contributed by atoms with Gasteiger partial charge < -0.3 is 10.2 Å². The smallest absolute Gasteiger partial charge is 0.244 e. The summed E-state index contributed by atoms with van der Waals surface area (Å²) in [5.74, 6) is -1.42. The maximum Gasteiger partial charge on any atom is 0.244 e. The van der Waals surface area contributed by atoms with Gasteiger partial charge in [0.1, 0.15) is 17.7 Å². The number of likely N-dealkylation sites (N-methyl/N-ethyl adjacent to an activating group) is 1. The monoisotopic (exact) mass is 311 g/mol. The van der Waals surface area contributed by atoms with Gasteiger partial charge in [-0.15, -0.1) is 0 Å². The van der Waals surface area contributed by atoms with Crippen LogP contribution >= 0.6 is 0 Å². The van der Waals surface area contributed by atoms with Crippen LogP contribution < -0.4 is 5.32 Å². The van der Waals surface area contributed by atoms with Crippen molar-refractivity contribution in [2.75, 3.05) is 39.3 Å². The Morgan fingerprint density at radius 1 is 1.27 bits per heavy atom. The summed E-state index contributed by atoms with van der Waals surface area (Å²) < 4.78 is 27.4. The van der Waals surface area contributed by atoms with E-state index in [0.717, 1.165) is 19.2 Å². The summed E-state index contributed by atoms with van der Waals surface area (Å²) in [4.78, 5) is 16.5. The molecule has 2 rings (SSSR count). The van der Waals surface area contributed by atoms with Crippen molar-refractivity contribution in [3.8, 4) is 0 Å². The first-order chi connectivity index (χ1) is 10.6. The van der Waals surface area contributed by atoms with E-state index in [9.17, 15) is 13.6 Å². The third-order valence-corrected chi connectivity index (χ3v) is 4.08. The number of carbonyl (C=O) groups excluding carboxylic acids is 1. The van der Waals surface area contributed by atoms with Gasteiger partial charge in [-0.2, -0.15) is 0 Å². The van der Waals surface area contributed by atoms with Gasteiger partial charge in [0.05, 0.1) is 0 Å². The highest BCUT2D eigenvalue weighted by Gasteiger charge is 2.33. The second-order valence-electron chi connectivity index (χ2n) is 5.36. The molecule has 1 aromatic carbocycles. The molecular weight excluding hydrogens is 288 g/mol. The molecule has 1 amide bonds. The molecule has 0 radical (unpaired) electrons. The number of piperazine rings is 1. The first kappa shape index (κ1) is 16.8. The van der Waals surface area contributed by atoms with Gasteiger partial charge in [0.25, 0.3) is 0 Å². The molecular formula is C16H23F2N3O. The van der Waals surface area contributed by atoms with Crippen LogP contribution in [0.1, 0.15) is 25.5 Å². The molecule has 1 aromatic rings. The van der Waals surface area contributed by atoms with Gasteiger partial charge in [-0.3, -0.25) is 9.69 Å². The predicted octanol–water partition coefficient (Wildman–Crippen LogP) is 1.78. The summed E-state index contributed by atoms with van der Waals surface area (Å²) in [6.45, 7) is 7.77. The van der Waals surface area contributed by atoms with Gasteiger partial charge in [0.15, 0.2) is 0 Å². The fraction of sp³-hybridized carbons (Fsp3) is 0.562. The van der Waals surface area contributed by atoms with E-state index >= 15 is 0 Å². The summed E-state index contributed by atoms with van der Waals surface area (Å²) in [5, 5.41) is 3.22. The minimum Gasteiger partial charge on any atom is -0.342 e. The van der Waals surface area contributed by atoms with Crippen LogP contribution in [0.25, 0.3) is 0 Å². The Labute approximate surface area is 130 Å². The molecule has 0 bridgehead atoms. The van der Waals surface area contributed by atoms with Crippen molar-refractivity contribution in [1.29, 1.82) is 0 Å². The van der Waals surface area contributed by atoms with E-state index in [-0.39, 0.29) is 11.5 Å². The Balaban J connectivity index is 2.37. The van der Waals surface area contributed by atoms with Crippen molar-refractivity contribution in [2.24, 2.45) is 0 Å². The number of benzene rings is 1. The van der Waals surface area contributed by atoms with Crippen LogP contribution in [0.3, 0.4) is 0 Å². The van der Waals surface area contributed by atoms with E-state index in [0.29, 0.717) is 26.2 Å². The minimum atomic E-state index is -0.692. The Hall–Kier alpha value is -1.53. The molecule has 1 fully saturated rings. The molecule has 1 saturated heterocycles. The van der Waals surface area contributed by atoms with Crippen LogP contribution in [-0.2, 0) is 4.79 Å². The summed E-state index contributed by atoms with van der Waals surface area (Å²) in [7, 11) is 0. The zero-order chi connectivity index (χ0) is 16.1.